The summed E-state index contributed by atoms with van der Waals surface area (Å²) in [5.74, 6) is -0.427. The van der Waals surface area contributed by atoms with E-state index in [1.807, 2.05) is 0 Å². The average molecular weight is 286 g/mol. The van der Waals surface area contributed by atoms with Gasteiger partial charge in [-0.25, -0.2) is 4.39 Å². The van der Waals surface area contributed by atoms with Gasteiger partial charge >= 0.3 is 0 Å². The molecule has 0 aliphatic heterocycles. The van der Waals surface area contributed by atoms with Crippen molar-refractivity contribution in [2.75, 3.05) is 0 Å². The molecule has 4 heteroatoms. The Kier molecular flexibility index (Phi) is 3.59. The minimum atomic E-state index is -0.335. The number of halogens is 2. The van der Waals surface area contributed by atoms with Crippen LogP contribution in [0.5, 0.6) is 0 Å². The molecule has 16 heavy (non-hydrogen) atoms. The smallest absolute Gasteiger partial charge is 0.224 e. The van der Waals surface area contributed by atoms with Gasteiger partial charge in [0.15, 0.2) is 0 Å². The summed E-state index contributed by atoms with van der Waals surface area (Å²) in [6.07, 6.45) is 3.40. The number of amides is 1. The molecule has 0 radical (unpaired) electrons. The summed E-state index contributed by atoms with van der Waals surface area (Å²) in [6, 6.07) is 5.08. The van der Waals surface area contributed by atoms with Crippen molar-refractivity contribution in [1.29, 1.82) is 0 Å². The van der Waals surface area contributed by atoms with Gasteiger partial charge in [-0.1, -0.05) is 22.0 Å². The number of rotatable bonds is 3. The molecule has 1 saturated carbocycles. The van der Waals surface area contributed by atoms with E-state index in [9.17, 15) is 9.18 Å². The normalized spacial score (nSPS) is 15.6. The van der Waals surface area contributed by atoms with Crippen molar-refractivity contribution in [2.24, 2.45) is 0 Å². The molecule has 0 unspecified atom stereocenters. The fraction of sp³-hybridized carbons (Fsp3) is 0.417. The quantitative estimate of drug-likeness (QED) is 0.909. The maximum absolute atomic E-state index is 13.4. The lowest BCUT2D eigenvalue weighted by molar-refractivity contribution is -0.121. The molecule has 1 N–H and O–H groups in total. The Bertz CT molecular complexity index is 404. The van der Waals surface area contributed by atoms with Crippen LogP contribution >= 0.6 is 15.9 Å². The summed E-state index contributed by atoms with van der Waals surface area (Å²) >= 11 is 3.18. The Balaban J connectivity index is 1.94. The van der Waals surface area contributed by atoms with E-state index < -0.39 is 0 Å². The molecule has 1 aromatic rings. The fourth-order valence-corrected chi connectivity index (χ4v) is 2.00. The van der Waals surface area contributed by atoms with E-state index in [0.29, 0.717) is 16.1 Å². The van der Waals surface area contributed by atoms with E-state index >= 15 is 0 Å². The van der Waals surface area contributed by atoms with Gasteiger partial charge in [-0.2, -0.15) is 0 Å². The van der Waals surface area contributed by atoms with Crippen LogP contribution in [-0.4, -0.2) is 11.9 Å². The molecule has 0 atom stereocenters. The van der Waals surface area contributed by atoms with Crippen molar-refractivity contribution >= 4 is 21.8 Å². The highest BCUT2D eigenvalue weighted by Gasteiger charge is 2.19. The van der Waals surface area contributed by atoms with Crippen LogP contribution in [0.15, 0.2) is 22.7 Å². The highest BCUT2D eigenvalue weighted by Crippen LogP contribution is 2.19. The van der Waals surface area contributed by atoms with Crippen LogP contribution in [0.3, 0.4) is 0 Å². The van der Waals surface area contributed by atoms with Crippen molar-refractivity contribution in [3.05, 3.63) is 34.1 Å². The predicted molar refractivity (Wildman–Crippen MR) is 63.6 cm³/mol. The molecular formula is C12H13BrFNO. The Hall–Kier alpha value is -0.900. The maximum atomic E-state index is 13.4. The van der Waals surface area contributed by atoms with Gasteiger partial charge in [0, 0.05) is 10.5 Å². The van der Waals surface area contributed by atoms with Crippen molar-refractivity contribution in [1.82, 2.24) is 5.32 Å². The molecule has 0 spiro atoms. The summed E-state index contributed by atoms with van der Waals surface area (Å²) in [6.45, 7) is 0. The Morgan fingerprint density at radius 1 is 1.50 bits per heavy atom. The molecule has 2 rings (SSSR count). The summed E-state index contributed by atoms with van der Waals surface area (Å²) in [7, 11) is 0. The summed E-state index contributed by atoms with van der Waals surface area (Å²) in [5.41, 5.74) is 0.444. The first-order valence-corrected chi connectivity index (χ1v) is 6.18. The zero-order valence-corrected chi connectivity index (χ0v) is 10.4. The number of hydrogen-bond donors (Lipinski definition) is 1. The van der Waals surface area contributed by atoms with Gasteiger partial charge in [0.2, 0.25) is 5.91 Å². The van der Waals surface area contributed by atoms with Crippen molar-refractivity contribution in [3.63, 3.8) is 0 Å². The van der Waals surface area contributed by atoms with Crippen molar-refractivity contribution in [2.45, 2.75) is 31.7 Å². The molecule has 1 aliphatic rings. The van der Waals surface area contributed by atoms with Crippen LogP contribution < -0.4 is 5.32 Å². The molecule has 0 heterocycles. The number of hydrogen-bond acceptors (Lipinski definition) is 1. The van der Waals surface area contributed by atoms with Crippen LogP contribution in [0.4, 0.5) is 4.39 Å². The molecule has 0 bridgehead atoms. The van der Waals surface area contributed by atoms with E-state index in [4.69, 9.17) is 0 Å². The molecule has 1 aliphatic carbocycles. The lowest BCUT2D eigenvalue weighted by Crippen LogP contribution is -2.40. The van der Waals surface area contributed by atoms with Crippen LogP contribution in [0.2, 0.25) is 0 Å². The largest absolute Gasteiger partial charge is 0.353 e. The second kappa shape index (κ2) is 4.95. The summed E-state index contributed by atoms with van der Waals surface area (Å²) in [4.78, 5) is 11.6. The first-order chi connectivity index (χ1) is 7.65. The van der Waals surface area contributed by atoms with Crippen molar-refractivity contribution in [3.8, 4) is 0 Å². The predicted octanol–water partition coefficient (Wildman–Crippen LogP) is 2.80. The summed E-state index contributed by atoms with van der Waals surface area (Å²) in [5, 5.41) is 2.89. The Labute approximate surface area is 102 Å². The van der Waals surface area contributed by atoms with Crippen LogP contribution in [0.25, 0.3) is 0 Å². The fourth-order valence-electron chi connectivity index (χ4n) is 1.67. The minimum absolute atomic E-state index is 0.0917. The van der Waals surface area contributed by atoms with Gasteiger partial charge < -0.3 is 5.32 Å². The molecule has 0 saturated heterocycles. The first kappa shape index (κ1) is 11.6. The van der Waals surface area contributed by atoms with E-state index in [-0.39, 0.29) is 18.1 Å². The van der Waals surface area contributed by atoms with E-state index in [1.54, 1.807) is 12.1 Å². The molecule has 0 aromatic heterocycles. The first-order valence-electron chi connectivity index (χ1n) is 5.38. The standard InChI is InChI=1S/C12H13BrFNO/c13-9-5-4-8(11(14)7-9)6-12(16)15-10-2-1-3-10/h4-5,7,10H,1-3,6H2,(H,15,16). The van der Waals surface area contributed by atoms with Crippen LogP contribution in [0.1, 0.15) is 24.8 Å². The monoisotopic (exact) mass is 285 g/mol. The van der Waals surface area contributed by atoms with Crippen LogP contribution in [-0.2, 0) is 11.2 Å². The van der Waals surface area contributed by atoms with Gasteiger partial charge in [0.25, 0.3) is 0 Å². The lowest BCUT2D eigenvalue weighted by Gasteiger charge is -2.26. The number of benzene rings is 1. The zero-order chi connectivity index (χ0) is 11.5. The minimum Gasteiger partial charge on any atom is -0.353 e. The number of nitrogens with one attached hydrogen (secondary N) is 1. The van der Waals surface area contributed by atoms with E-state index in [0.717, 1.165) is 12.8 Å². The second-order valence-electron chi connectivity index (χ2n) is 4.11. The molecule has 1 fully saturated rings. The molecular weight excluding hydrogens is 273 g/mol. The highest BCUT2D eigenvalue weighted by atomic mass is 79.9. The Morgan fingerprint density at radius 2 is 2.25 bits per heavy atom. The van der Waals surface area contributed by atoms with Gasteiger partial charge in [-0.15, -0.1) is 0 Å². The summed E-state index contributed by atoms with van der Waals surface area (Å²) < 4.78 is 14.1. The topological polar surface area (TPSA) is 29.1 Å². The number of carbonyl (C=O) groups excluding carboxylic acids is 1. The third kappa shape index (κ3) is 2.82. The molecule has 1 aromatic carbocycles. The van der Waals surface area contributed by atoms with Gasteiger partial charge in [-0.3, -0.25) is 4.79 Å². The second-order valence-corrected chi connectivity index (χ2v) is 5.02. The number of carbonyl (C=O) groups is 1. The lowest BCUT2D eigenvalue weighted by atomic mass is 9.93. The molecule has 1 amide bonds. The van der Waals surface area contributed by atoms with Crippen LogP contribution in [0, 0.1) is 5.82 Å². The molecule has 86 valence electrons. The van der Waals surface area contributed by atoms with Gasteiger partial charge in [-0.05, 0) is 37.0 Å². The SMILES string of the molecule is O=C(Cc1ccc(Br)cc1F)NC1CCC1. The van der Waals surface area contributed by atoms with Gasteiger partial charge in [0.05, 0.1) is 6.42 Å². The third-order valence-corrected chi connectivity index (χ3v) is 3.33. The zero-order valence-electron chi connectivity index (χ0n) is 8.80. The highest BCUT2D eigenvalue weighted by molar-refractivity contribution is 9.10. The third-order valence-electron chi connectivity index (χ3n) is 2.84. The van der Waals surface area contributed by atoms with E-state index in [2.05, 4.69) is 21.2 Å². The average Bonchev–Trinajstić information content (AvgIpc) is 2.16. The van der Waals surface area contributed by atoms with Crippen molar-refractivity contribution < 1.29 is 9.18 Å². The molecule has 2 nitrogen and oxygen atoms in total. The van der Waals surface area contributed by atoms with Gasteiger partial charge in [0.1, 0.15) is 5.82 Å². The maximum Gasteiger partial charge on any atom is 0.224 e. The Morgan fingerprint density at radius 3 is 2.81 bits per heavy atom. The van der Waals surface area contributed by atoms with E-state index in [1.165, 1.54) is 12.5 Å².